The fraction of sp³-hybridized carbons (Fsp3) is 0.733. The van der Waals surface area contributed by atoms with Crippen molar-refractivity contribution < 1.29 is 4.42 Å². The molecule has 0 unspecified atom stereocenters. The first-order valence-electron chi connectivity index (χ1n) is 7.04. The van der Waals surface area contributed by atoms with E-state index in [1.165, 1.54) is 18.4 Å². The molecule has 0 spiro atoms. The first-order chi connectivity index (χ1) is 8.49. The van der Waals surface area contributed by atoms with Gasteiger partial charge in [-0.2, -0.15) is 0 Å². The smallest absolute Gasteiger partial charge is 0.122 e. The van der Waals surface area contributed by atoms with Crippen LogP contribution in [0.2, 0.25) is 0 Å². The molecule has 0 atom stereocenters. The maximum absolute atomic E-state index is 5.62. The summed E-state index contributed by atoms with van der Waals surface area (Å²) >= 11 is 0. The minimum absolute atomic E-state index is 0.130. The van der Waals surface area contributed by atoms with Gasteiger partial charge in [0.15, 0.2) is 0 Å². The zero-order valence-electron chi connectivity index (χ0n) is 12.1. The molecular weight excluding hydrogens is 224 g/mol. The third kappa shape index (κ3) is 3.85. The molecule has 0 amide bonds. The second-order valence-corrected chi connectivity index (χ2v) is 6.27. The highest BCUT2D eigenvalue weighted by Gasteiger charge is 2.28. The van der Waals surface area contributed by atoms with Gasteiger partial charge in [0.1, 0.15) is 5.76 Å². The molecule has 0 aromatic carbocycles. The van der Waals surface area contributed by atoms with Crippen molar-refractivity contribution in [2.75, 3.05) is 6.54 Å². The molecule has 3 nitrogen and oxygen atoms in total. The Labute approximate surface area is 111 Å². The van der Waals surface area contributed by atoms with Gasteiger partial charge in [-0.1, -0.05) is 6.92 Å². The molecular formula is C15H26N2O. The highest BCUT2D eigenvalue weighted by Crippen LogP contribution is 2.28. The van der Waals surface area contributed by atoms with Crippen molar-refractivity contribution in [3.05, 3.63) is 23.7 Å². The van der Waals surface area contributed by atoms with Gasteiger partial charge >= 0.3 is 0 Å². The molecule has 1 aromatic rings. The van der Waals surface area contributed by atoms with E-state index in [2.05, 4.69) is 44.0 Å². The second-order valence-electron chi connectivity index (χ2n) is 6.27. The van der Waals surface area contributed by atoms with Crippen LogP contribution in [-0.2, 0) is 13.1 Å². The number of nitrogens with one attached hydrogen (secondary N) is 1. The Morgan fingerprint density at radius 2 is 2.11 bits per heavy atom. The monoisotopic (exact) mass is 250 g/mol. The number of rotatable bonds is 6. The van der Waals surface area contributed by atoms with E-state index in [1.54, 1.807) is 0 Å². The van der Waals surface area contributed by atoms with E-state index in [4.69, 9.17) is 4.42 Å². The molecule has 3 heteroatoms. The predicted molar refractivity (Wildman–Crippen MR) is 74.4 cm³/mol. The Hall–Kier alpha value is -0.800. The van der Waals surface area contributed by atoms with Gasteiger partial charge in [0.25, 0.3) is 0 Å². The topological polar surface area (TPSA) is 28.4 Å². The van der Waals surface area contributed by atoms with Crippen LogP contribution in [0.5, 0.6) is 0 Å². The SMILES string of the molecule is CCN(Cc1ccoc1CNC(C)(C)C)C1CC1. The molecule has 1 N–H and O–H groups in total. The van der Waals surface area contributed by atoms with Crippen molar-refractivity contribution in [2.45, 2.75) is 65.2 Å². The van der Waals surface area contributed by atoms with Crippen LogP contribution in [0, 0.1) is 0 Å². The molecule has 1 fully saturated rings. The lowest BCUT2D eigenvalue weighted by Gasteiger charge is -2.22. The zero-order chi connectivity index (χ0) is 13.2. The second kappa shape index (κ2) is 5.45. The van der Waals surface area contributed by atoms with Crippen LogP contribution < -0.4 is 5.32 Å². The van der Waals surface area contributed by atoms with Crippen molar-refractivity contribution in [1.29, 1.82) is 0 Å². The lowest BCUT2D eigenvalue weighted by atomic mass is 10.1. The van der Waals surface area contributed by atoms with Crippen LogP contribution in [0.25, 0.3) is 0 Å². The van der Waals surface area contributed by atoms with Crippen molar-refractivity contribution in [3.63, 3.8) is 0 Å². The lowest BCUT2D eigenvalue weighted by molar-refractivity contribution is 0.265. The summed E-state index contributed by atoms with van der Waals surface area (Å²) in [4.78, 5) is 2.55. The van der Waals surface area contributed by atoms with Gasteiger partial charge in [0.2, 0.25) is 0 Å². The quantitative estimate of drug-likeness (QED) is 0.840. The molecule has 18 heavy (non-hydrogen) atoms. The van der Waals surface area contributed by atoms with Gasteiger partial charge in [-0.25, -0.2) is 0 Å². The zero-order valence-corrected chi connectivity index (χ0v) is 12.1. The highest BCUT2D eigenvalue weighted by molar-refractivity contribution is 5.17. The van der Waals surface area contributed by atoms with E-state index in [-0.39, 0.29) is 5.54 Å². The Morgan fingerprint density at radius 1 is 1.39 bits per heavy atom. The summed E-state index contributed by atoms with van der Waals surface area (Å²) in [5.41, 5.74) is 1.46. The van der Waals surface area contributed by atoms with Crippen LogP contribution in [0.1, 0.15) is 51.9 Å². The van der Waals surface area contributed by atoms with Gasteiger partial charge in [0.05, 0.1) is 12.8 Å². The minimum Gasteiger partial charge on any atom is -0.468 e. The standard InChI is InChI=1S/C15H26N2O/c1-5-17(13-6-7-13)11-12-8-9-18-14(12)10-16-15(2,3)4/h8-9,13,16H,5-7,10-11H2,1-4H3. The van der Waals surface area contributed by atoms with Gasteiger partial charge in [0, 0.05) is 23.7 Å². The van der Waals surface area contributed by atoms with E-state index in [0.29, 0.717) is 0 Å². The van der Waals surface area contributed by atoms with Crippen LogP contribution in [0.3, 0.4) is 0 Å². The van der Waals surface area contributed by atoms with E-state index >= 15 is 0 Å². The average Bonchev–Trinajstić information content (AvgIpc) is 3.03. The summed E-state index contributed by atoms with van der Waals surface area (Å²) in [6.45, 7) is 11.7. The molecule has 1 heterocycles. The summed E-state index contributed by atoms with van der Waals surface area (Å²) in [6.07, 6.45) is 4.54. The predicted octanol–water partition coefficient (Wildman–Crippen LogP) is 3.15. The lowest BCUT2D eigenvalue weighted by Crippen LogP contribution is -2.35. The number of hydrogen-bond acceptors (Lipinski definition) is 3. The van der Waals surface area contributed by atoms with Gasteiger partial charge < -0.3 is 9.73 Å². The number of nitrogens with zero attached hydrogens (tertiary/aromatic N) is 1. The molecule has 1 aliphatic rings. The molecule has 1 aromatic heterocycles. The van der Waals surface area contributed by atoms with E-state index in [1.807, 2.05) is 6.26 Å². The van der Waals surface area contributed by atoms with Crippen molar-refractivity contribution in [1.82, 2.24) is 10.2 Å². The van der Waals surface area contributed by atoms with E-state index in [9.17, 15) is 0 Å². The molecule has 0 radical (unpaired) electrons. The Balaban J connectivity index is 1.94. The van der Waals surface area contributed by atoms with Crippen molar-refractivity contribution in [3.8, 4) is 0 Å². The summed E-state index contributed by atoms with van der Waals surface area (Å²) in [5.74, 6) is 1.09. The van der Waals surface area contributed by atoms with Crippen molar-refractivity contribution >= 4 is 0 Å². The molecule has 2 rings (SSSR count). The van der Waals surface area contributed by atoms with Gasteiger partial charge in [-0.05, 0) is 46.2 Å². The number of furan rings is 1. The maximum atomic E-state index is 5.62. The third-order valence-electron chi connectivity index (χ3n) is 3.46. The van der Waals surface area contributed by atoms with Crippen LogP contribution in [0.15, 0.2) is 16.7 Å². The molecule has 0 bridgehead atoms. The molecule has 0 saturated heterocycles. The average molecular weight is 250 g/mol. The van der Waals surface area contributed by atoms with Crippen LogP contribution in [-0.4, -0.2) is 23.0 Å². The molecule has 1 aliphatic carbocycles. The van der Waals surface area contributed by atoms with E-state index < -0.39 is 0 Å². The summed E-state index contributed by atoms with van der Waals surface area (Å²) < 4.78 is 5.62. The maximum Gasteiger partial charge on any atom is 0.122 e. The first kappa shape index (κ1) is 13.6. The van der Waals surface area contributed by atoms with Crippen molar-refractivity contribution in [2.24, 2.45) is 0 Å². The molecule has 1 saturated carbocycles. The summed E-state index contributed by atoms with van der Waals surface area (Å²) in [6, 6.07) is 2.93. The van der Waals surface area contributed by atoms with Gasteiger partial charge in [-0.3, -0.25) is 4.90 Å². The summed E-state index contributed by atoms with van der Waals surface area (Å²) in [7, 11) is 0. The van der Waals surface area contributed by atoms with E-state index in [0.717, 1.165) is 31.4 Å². The Bertz CT molecular complexity index is 374. The fourth-order valence-electron chi connectivity index (χ4n) is 2.17. The largest absolute Gasteiger partial charge is 0.468 e. The first-order valence-corrected chi connectivity index (χ1v) is 7.04. The van der Waals surface area contributed by atoms with Crippen LogP contribution in [0.4, 0.5) is 0 Å². The fourth-order valence-corrected chi connectivity index (χ4v) is 2.17. The van der Waals surface area contributed by atoms with Gasteiger partial charge in [-0.15, -0.1) is 0 Å². The Kier molecular flexibility index (Phi) is 4.13. The summed E-state index contributed by atoms with van der Waals surface area (Å²) in [5, 5.41) is 3.49. The van der Waals surface area contributed by atoms with Crippen LogP contribution >= 0.6 is 0 Å². The third-order valence-corrected chi connectivity index (χ3v) is 3.46. The minimum atomic E-state index is 0.130. The number of hydrogen-bond donors (Lipinski definition) is 1. The normalized spacial score (nSPS) is 16.5. The highest BCUT2D eigenvalue weighted by atomic mass is 16.3. The molecule has 102 valence electrons. The molecule has 0 aliphatic heterocycles. The Morgan fingerprint density at radius 3 is 2.67 bits per heavy atom.